The summed E-state index contributed by atoms with van der Waals surface area (Å²) in [4.78, 5) is 10.8. The minimum atomic E-state index is -3.99. The molecule has 1 aliphatic carbocycles. The highest BCUT2D eigenvalue weighted by molar-refractivity contribution is 7.88. The molecule has 0 saturated heterocycles. The molecule has 1 saturated carbocycles. The van der Waals surface area contributed by atoms with Gasteiger partial charge in [-0.15, -0.1) is 0 Å². The van der Waals surface area contributed by atoms with Crippen molar-refractivity contribution < 1.29 is 23.1 Å². The van der Waals surface area contributed by atoms with Crippen molar-refractivity contribution in [1.82, 2.24) is 9.44 Å². The van der Waals surface area contributed by atoms with Gasteiger partial charge < -0.3 is 9.84 Å². The van der Waals surface area contributed by atoms with Crippen molar-refractivity contribution in [3.63, 3.8) is 0 Å². The van der Waals surface area contributed by atoms with Crippen LogP contribution in [0.4, 0.5) is 4.79 Å². The fourth-order valence-corrected chi connectivity index (χ4v) is 2.82. The van der Waals surface area contributed by atoms with E-state index >= 15 is 0 Å². The molecule has 1 amide bonds. The maximum atomic E-state index is 11.5. The van der Waals surface area contributed by atoms with E-state index in [-0.39, 0.29) is 12.0 Å². The number of hydrogen-bond acceptors (Lipinski definition) is 5. The summed E-state index contributed by atoms with van der Waals surface area (Å²) in [7, 11) is -2.92. The lowest BCUT2D eigenvalue weighted by atomic mass is 9.71. The first-order valence-electron chi connectivity index (χ1n) is 6.15. The predicted molar refractivity (Wildman–Crippen MR) is 69.7 cm³/mol. The number of carbonyl (C=O) groups is 1. The molecule has 3 N–H and O–H groups in total. The van der Waals surface area contributed by atoms with Crippen LogP contribution in [0.3, 0.4) is 0 Å². The third-order valence-electron chi connectivity index (χ3n) is 3.53. The van der Waals surface area contributed by atoms with Crippen LogP contribution in [0, 0.1) is 5.41 Å². The quantitative estimate of drug-likeness (QED) is 0.700. The molecule has 0 heterocycles. The molecule has 1 aliphatic rings. The number of aliphatic hydroxyl groups is 1. The second-order valence-corrected chi connectivity index (χ2v) is 7.31. The number of methoxy groups -OCH3 is 1. The molecule has 112 valence electrons. The molecule has 0 spiro atoms. The summed E-state index contributed by atoms with van der Waals surface area (Å²) < 4.78 is 31.0. The van der Waals surface area contributed by atoms with Crippen molar-refractivity contribution in [3.05, 3.63) is 0 Å². The Morgan fingerprint density at radius 1 is 1.26 bits per heavy atom. The molecule has 19 heavy (non-hydrogen) atoms. The third kappa shape index (κ3) is 5.33. The van der Waals surface area contributed by atoms with Gasteiger partial charge in [-0.1, -0.05) is 13.8 Å². The molecule has 0 atom stereocenters. The molecular weight excluding hydrogens is 272 g/mol. The summed E-state index contributed by atoms with van der Waals surface area (Å²) in [5.41, 5.74) is -0.879. The van der Waals surface area contributed by atoms with Crippen LogP contribution in [0.2, 0.25) is 0 Å². The molecule has 0 aromatic rings. The van der Waals surface area contributed by atoms with Crippen LogP contribution >= 0.6 is 0 Å². The SMILES string of the molecule is COC(=O)NS(=O)(=O)NCC1(O)CCC(C)(C)CC1. The molecular formula is C11H22N2O5S. The van der Waals surface area contributed by atoms with Crippen LogP contribution in [0.5, 0.6) is 0 Å². The van der Waals surface area contributed by atoms with E-state index in [4.69, 9.17) is 0 Å². The Morgan fingerprint density at radius 3 is 2.26 bits per heavy atom. The molecule has 1 rings (SSSR count). The maximum absolute atomic E-state index is 11.5. The Balaban J connectivity index is 2.50. The lowest BCUT2D eigenvalue weighted by Crippen LogP contribution is -2.50. The normalized spacial score (nSPS) is 21.7. The highest BCUT2D eigenvalue weighted by Gasteiger charge is 2.37. The van der Waals surface area contributed by atoms with Gasteiger partial charge in [0.15, 0.2) is 0 Å². The Hall–Kier alpha value is -0.860. The van der Waals surface area contributed by atoms with Gasteiger partial charge in [0, 0.05) is 6.54 Å². The van der Waals surface area contributed by atoms with Crippen molar-refractivity contribution in [1.29, 1.82) is 0 Å². The second-order valence-electron chi connectivity index (χ2n) is 5.81. The zero-order valence-electron chi connectivity index (χ0n) is 11.5. The van der Waals surface area contributed by atoms with Crippen molar-refractivity contribution >= 4 is 16.3 Å². The van der Waals surface area contributed by atoms with E-state index in [2.05, 4.69) is 23.3 Å². The Kier molecular flexibility index (Phi) is 4.81. The van der Waals surface area contributed by atoms with Crippen LogP contribution in [0.15, 0.2) is 0 Å². The summed E-state index contributed by atoms with van der Waals surface area (Å²) >= 11 is 0. The van der Waals surface area contributed by atoms with Gasteiger partial charge >= 0.3 is 16.3 Å². The predicted octanol–water partition coefficient (Wildman–Crippen LogP) is 0.508. The fraction of sp³-hybridized carbons (Fsp3) is 0.909. The first-order chi connectivity index (χ1) is 8.58. The van der Waals surface area contributed by atoms with Crippen LogP contribution in [0.1, 0.15) is 39.5 Å². The van der Waals surface area contributed by atoms with Crippen LogP contribution in [-0.2, 0) is 14.9 Å². The van der Waals surface area contributed by atoms with Crippen LogP contribution in [-0.4, -0.2) is 38.9 Å². The summed E-state index contributed by atoms with van der Waals surface area (Å²) in [5, 5.41) is 10.3. The van der Waals surface area contributed by atoms with E-state index in [0.717, 1.165) is 20.0 Å². The molecule has 7 nitrogen and oxygen atoms in total. The Morgan fingerprint density at radius 2 is 1.79 bits per heavy atom. The largest absolute Gasteiger partial charge is 0.452 e. The third-order valence-corrected chi connectivity index (χ3v) is 4.49. The molecule has 0 bridgehead atoms. The Labute approximate surface area is 113 Å². The summed E-state index contributed by atoms with van der Waals surface area (Å²) in [6.45, 7) is 4.13. The number of carbonyl (C=O) groups excluding carboxylic acids is 1. The van der Waals surface area contributed by atoms with Crippen molar-refractivity contribution in [2.45, 2.75) is 45.1 Å². The number of nitrogens with one attached hydrogen (secondary N) is 2. The van der Waals surface area contributed by atoms with Crippen molar-refractivity contribution in [2.75, 3.05) is 13.7 Å². The van der Waals surface area contributed by atoms with Gasteiger partial charge in [-0.05, 0) is 31.1 Å². The van der Waals surface area contributed by atoms with Gasteiger partial charge in [0.1, 0.15) is 0 Å². The summed E-state index contributed by atoms with van der Waals surface area (Å²) in [5.74, 6) is 0. The Bertz CT molecular complexity index is 422. The number of rotatable bonds is 4. The van der Waals surface area contributed by atoms with Crippen LogP contribution in [0.25, 0.3) is 0 Å². The average Bonchev–Trinajstić information content (AvgIpc) is 2.31. The fourth-order valence-electron chi connectivity index (χ4n) is 1.99. The van der Waals surface area contributed by atoms with Crippen molar-refractivity contribution in [2.24, 2.45) is 5.41 Å². The molecule has 0 unspecified atom stereocenters. The minimum absolute atomic E-state index is 0.116. The second kappa shape index (κ2) is 5.64. The first-order valence-corrected chi connectivity index (χ1v) is 7.64. The lowest BCUT2D eigenvalue weighted by molar-refractivity contribution is -0.0206. The van der Waals surface area contributed by atoms with Gasteiger partial charge in [0.05, 0.1) is 12.7 Å². The molecule has 1 fully saturated rings. The zero-order valence-corrected chi connectivity index (χ0v) is 12.3. The molecule has 0 radical (unpaired) electrons. The number of hydrogen-bond donors (Lipinski definition) is 3. The first kappa shape index (κ1) is 16.2. The number of ether oxygens (including phenoxy) is 1. The zero-order chi connectivity index (χ0) is 14.7. The molecule has 0 aliphatic heterocycles. The minimum Gasteiger partial charge on any atom is -0.452 e. The van der Waals surface area contributed by atoms with E-state index < -0.39 is 21.9 Å². The van der Waals surface area contributed by atoms with Gasteiger partial charge in [-0.3, -0.25) is 0 Å². The molecule has 8 heteroatoms. The van der Waals surface area contributed by atoms with E-state index in [0.29, 0.717) is 12.8 Å². The van der Waals surface area contributed by atoms with Gasteiger partial charge in [0.25, 0.3) is 0 Å². The summed E-state index contributed by atoms with van der Waals surface area (Å²) in [6.07, 6.45) is 1.65. The standard InChI is InChI=1S/C11H22N2O5S/c1-10(2)4-6-11(15,7-5-10)8-12-19(16,17)13-9(14)18-3/h12,15H,4-8H2,1-3H3,(H,13,14). The highest BCUT2D eigenvalue weighted by Crippen LogP contribution is 2.39. The average molecular weight is 294 g/mol. The van der Waals surface area contributed by atoms with E-state index in [9.17, 15) is 18.3 Å². The summed E-state index contributed by atoms with van der Waals surface area (Å²) in [6, 6.07) is 0. The maximum Gasteiger partial charge on any atom is 0.421 e. The van der Waals surface area contributed by atoms with E-state index in [1.807, 2.05) is 0 Å². The van der Waals surface area contributed by atoms with Gasteiger partial charge in [-0.2, -0.15) is 13.1 Å². The van der Waals surface area contributed by atoms with E-state index in [1.165, 1.54) is 0 Å². The van der Waals surface area contributed by atoms with E-state index in [1.54, 1.807) is 4.72 Å². The molecule has 0 aromatic heterocycles. The number of amides is 1. The molecule has 0 aromatic carbocycles. The van der Waals surface area contributed by atoms with Gasteiger partial charge in [-0.25, -0.2) is 9.52 Å². The van der Waals surface area contributed by atoms with Crippen molar-refractivity contribution in [3.8, 4) is 0 Å². The smallest absolute Gasteiger partial charge is 0.421 e. The highest BCUT2D eigenvalue weighted by atomic mass is 32.2. The topological polar surface area (TPSA) is 105 Å². The lowest BCUT2D eigenvalue weighted by Gasteiger charge is -2.40. The monoisotopic (exact) mass is 294 g/mol. The van der Waals surface area contributed by atoms with Crippen LogP contribution < -0.4 is 9.44 Å². The van der Waals surface area contributed by atoms with Gasteiger partial charge in [0.2, 0.25) is 0 Å².